The summed E-state index contributed by atoms with van der Waals surface area (Å²) in [6.45, 7) is 21.0. The summed E-state index contributed by atoms with van der Waals surface area (Å²) >= 11 is 0. The van der Waals surface area contributed by atoms with Gasteiger partial charge >= 0.3 is 0 Å². The van der Waals surface area contributed by atoms with Crippen molar-refractivity contribution in [2.24, 2.45) is 0 Å². The molecule has 0 bridgehead atoms. The van der Waals surface area contributed by atoms with Gasteiger partial charge in [0.15, 0.2) is 23.6 Å². The molecule has 0 aromatic heterocycles. The first kappa shape index (κ1) is 23.5. The van der Waals surface area contributed by atoms with E-state index in [1.165, 1.54) is 0 Å². The average molecular weight is 419 g/mol. The predicted octanol–water partition coefficient (Wildman–Crippen LogP) is 4.46. The van der Waals surface area contributed by atoms with Crippen LogP contribution >= 0.6 is 0 Å². The molecular weight excluding hydrogens is 376 g/mol. The van der Waals surface area contributed by atoms with Gasteiger partial charge in [-0.15, -0.1) is 0 Å². The first-order valence-electron chi connectivity index (χ1n) is 10.6. The molecule has 0 saturated carbocycles. The van der Waals surface area contributed by atoms with Gasteiger partial charge in [-0.3, -0.25) is 0 Å². The van der Waals surface area contributed by atoms with Gasteiger partial charge in [-0.25, -0.2) is 0 Å². The maximum Gasteiger partial charge on any atom is 0.192 e. The molecule has 0 radical (unpaired) electrons. The molecule has 0 aliphatic carbocycles. The summed E-state index contributed by atoms with van der Waals surface area (Å²) in [6, 6.07) is 0. The van der Waals surface area contributed by atoms with Crippen molar-refractivity contribution < 1.29 is 23.1 Å². The summed E-state index contributed by atoms with van der Waals surface area (Å²) < 4.78 is 31.0. The Bertz CT molecular complexity index is 460. The van der Waals surface area contributed by atoms with E-state index in [4.69, 9.17) is 23.1 Å². The summed E-state index contributed by atoms with van der Waals surface area (Å²) in [7, 11) is -3.07. The maximum absolute atomic E-state index is 6.75. The second-order valence-electron chi connectivity index (χ2n) is 10.1. The molecule has 6 atom stereocenters. The second kappa shape index (κ2) is 9.36. The molecule has 0 N–H and O–H groups in total. The summed E-state index contributed by atoms with van der Waals surface area (Å²) in [4.78, 5) is 0. The van der Waals surface area contributed by atoms with Crippen LogP contribution in [0.25, 0.3) is 0 Å². The molecule has 1 unspecified atom stereocenters. The first-order valence-corrected chi connectivity index (χ1v) is 16.3. The molecule has 2 aliphatic heterocycles. The largest absolute Gasteiger partial charge is 0.415 e. The van der Waals surface area contributed by atoms with Crippen LogP contribution in [0.5, 0.6) is 0 Å². The van der Waals surface area contributed by atoms with Gasteiger partial charge in [0.05, 0.1) is 37.1 Å². The maximum atomic E-state index is 6.75. The van der Waals surface area contributed by atoms with E-state index in [0.717, 1.165) is 25.9 Å². The lowest BCUT2D eigenvalue weighted by Gasteiger charge is -2.46. The van der Waals surface area contributed by atoms with Crippen LogP contribution in [0.2, 0.25) is 31.2 Å². The molecule has 7 heteroatoms. The van der Waals surface area contributed by atoms with E-state index in [1.807, 2.05) is 0 Å². The lowest BCUT2D eigenvalue weighted by atomic mass is 10.0. The highest BCUT2D eigenvalue weighted by atomic mass is 28.4. The molecule has 160 valence electrons. The molecule has 0 spiro atoms. The fraction of sp³-hybridized carbons (Fsp3) is 1.00. The second-order valence-corrected chi connectivity index (χ2v) is 17.2. The van der Waals surface area contributed by atoms with Crippen LogP contribution < -0.4 is 0 Å². The van der Waals surface area contributed by atoms with E-state index in [0.29, 0.717) is 6.10 Å². The third kappa shape index (κ3) is 7.21. The lowest BCUT2D eigenvalue weighted by Crippen LogP contribution is -2.55. The van der Waals surface area contributed by atoms with Gasteiger partial charge in [-0.05, 0) is 57.9 Å². The van der Waals surface area contributed by atoms with Gasteiger partial charge in [0.2, 0.25) is 0 Å². The summed E-state index contributed by atoms with van der Waals surface area (Å²) in [5, 5.41) is 0.151. The van der Waals surface area contributed by atoms with Crippen LogP contribution in [0, 0.1) is 0 Å². The Hall–Kier alpha value is 0.234. The lowest BCUT2D eigenvalue weighted by molar-refractivity contribution is -0.267. The summed E-state index contributed by atoms with van der Waals surface area (Å²) in [5.41, 5.74) is 0. The Morgan fingerprint density at radius 3 is 2.33 bits per heavy atom. The van der Waals surface area contributed by atoms with Crippen LogP contribution in [-0.4, -0.2) is 60.8 Å². The monoisotopic (exact) mass is 418 g/mol. The molecule has 2 saturated heterocycles. The van der Waals surface area contributed by atoms with Crippen molar-refractivity contribution in [2.75, 3.05) is 6.61 Å². The average Bonchev–Trinajstić information content (AvgIpc) is 3.32. The number of rotatable bonds is 9. The van der Waals surface area contributed by atoms with E-state index < -0.39 is 17.4 Å². The highest BCUT2D eigenvalue weighted by Crippen LogP contribution is 2.40. The quantitative estimate of drug-likeness (QED) is 0.408. The van der Waals surface area contributed by atoms with Crippen LogP contribution in [0.15, 0.2) is 0 Å². The van der Waals surface area contributed by atoms with Crippen molar-refractivity contribution in [1.82, 2.24) is 0 Å². The van der Waals surface area contributed by atoms with Crippen molar-refractivity contribution in [3.63, 3.8) is 0 Å². The minimum atomic E-state index is -1.93. The highest BCUT2D eigenvalue weighted by molar-refractivity contribution is 6.74. The topological polar surface area (TPSA) is 49.5 Å². The fourth-order valence-electron chi connectivity index (χ4n) is 3.17. The van der Waals surface area contributed by atoms with Crippen LogP contribution in [0.4, 0.5) is 0 Å². The van der Waals surface area contributed by atoms with E-state index >= 15 is 0 Å². The molecule has 0 aromatic carbocycles. The predicted molar refractivity (Wildman–Crippen MR) is 114 cm³/mol. The van der Waals surface area contributed by atoms with Gasteiger partial charge in [-0.1, -0.05) is 20.8 Å². The Labute approximate surface area is 169 Å². The zero-order chi connectivity index (χ0) is 20.4. The first-order chi connectivity index (χ1) is 12.4. The van der Waals surface area contributed by atoms with Crippen molar-refractivity contribution in [3.05, 3.63) is 0 Å². The Kier molecular flexibility index (Phi) is 8.16. The normalized spacial score (nSPS) is 33.3. The van der Waals surface area contributed by atoms with Crippen LogP contribution in [0.1, 0.15) is 53.9 Å². The van der Waals surface area contributed by atoms with E-state index in [1.54, 1.807) is 0 Å². The van der Waals surface area contributed by atoms with Crippen LogP contribution in [-0.2, 0) is 23.1 Å². The minimum absolute atomic E-state index is 0.0307. The molecule has 2 fully saturated rings. The molecule has 5 nitrogen and oxygen atoms in total. The van der Waals surface area contributed by atoms with E-state index in [9.17, 15) is 0 Å². The molecule has 2 rings (SSSR count). The van der Waals surface area contributed by atoms with Crippen molar-refractivity contribution in [1.29, 1.82) is 0 Å². The van der Waals surface area contributed by atoms with Gasteiger partial charge in [0.1, 0.15) is 0 Å². The van der Waals surface area contributed by atoms with Gasteiger partial charge in [0.25, 0.3) is 0 Å². The summed E-state index contributed by atoms with van der Waals surface area (Å²) in [6.07, 6.45) is 3.21. The van der Waals surface area contributed by atoms with E-state index in [2.05, 4.69) is 60.8 Å². The van der Waals surface area contributed by atoms with Gasteiger partial charge in [-0.2, -0.15) is 0 Å². The minimum Gasteiger partial charge on any atom is -0.415 e. The molecule has 2 heterocycles. The van der Waals surface area contributed by atoms with E-state index in [-0.39, 0.29) is 35.7 Å². The molecule has 0 amide bonds. The van der Waals surface area contributed by atoms with Crippen LogP contribution in [0.3, 0.4) is 0 Å². The number of epoxide rings is 1. The fourth-order valence-corrected chi connectivity index (χ4v) is 5.51. The molecular formula is C20H42O5Si2. The van der Waals surface area contributed by atoms with Gasteiger partial charge in [0, 0.05) is 6.42 Å². The van der Waals surface area contributed by atoms with Crippen molar-refractivity contribution in [3.8, 4) is 0 Å². The molecule has 27 heavy (non-hydrogen) atoms. The van der Waals surface area contributed by atoms with Crippen molar-refractivity contribution in [2.45, 2.75) is 122 Å². The Balaban J connectivity index is 2.05. The SMILES string of the molecule is C[C@H](CCC1CO1)O[C@@H]1O[C@@H](C)[C@H](O[SiH](C)C)C[C@H]1O[Si](C)(C)C(C)(C)C. The van der Waals surface area contributed by atoms with Gasteiger partial charge < -0.3 is 23.1 Å². The Morgan fingerprint density at radius 2 is 1.81 bits per heavy atom. The Morgan fingerprint density at radius 1 is 1.19 bits per heavy atom. The highest BCUT2D eigenvalue weighted by Gasteiger charge is 2.45. The molecule has 2 aliphatic rings. The smallest absolute Gasteiger partial charge is 0.192 e. The third-order valence-corrected chi connectivity index (χ3v) is 11.4. The standard InChI is InChI=1S/C20H42O5Si2/c1-14(10-11-16-13-21-16)22-19-18(25-27(8,9)20(3,4)5)12-17(15(2)23-19)24-26(6)7/h14-19,26H,10-13H2,1-9H3/t14-,15+,16?,17-,18-,19-/m1/s1. The number of ether oxygens (including phenoxy) is 3. The third-order valence-electron chi connectivity index (χ3n) is 6.00. The zero-order valence-electron chi connectivity index (χ0n) is 18.9. The van der Waals surface area contributed by atoms with Crippen molar-refractivity contribution >= 4 is 17.4 Å². The summed E-state index contributed by atoms with van der Waals surface area (Å²) in [5.74, 6) is 0. The number of hydrogen-bond acceptors (Lipinski definition) is 5. The zero-order valence-corrected chi connectivity index (χ0v) is 21.1. The number of hydrogen-bond donors (Lipinski definition) is 0. The molecule has 0 aromatic rings.